The van der Waals surface area contributed by atoms with Gasteiger partial charge in [-0.1, -0.05) is 15.9 Å². The molecule has 2 atom stereocenters. The summed E-state index contributed by atoms with van der Waals surface area (Å²) >= 11 is 3.58. The smallest absolute Gasteiger partial charge is 0.410 e. The van der Waals surface area contributed by atoms with Gasteiger partial charge in [-0.05, 0) is 70.3 Å². The Morgan fingerprint density at radius 3 is 2.92 bits per heavy atom. The maximum Gasteiger partial charge on any atom is 0.410 e. The second-order valence-electron chi connectivity index (χ2n) is 8.27. The Morgan fingerprint density at radius 1 is 1.35 bits per heavy atom. The summed E-state index contributed by atoms with van der Waals surface area (Å²) < 4.78 is 6.74. The van der Waals surface area contributed by atoms with Crippen molar-refractivity contribution in [3.63, 3.8) is 0 Å². The summed E-state index contributed by atoms with van der Waals surface area (Å²) in [4.78, 5) is 18.2. The van der Waals surface area contributed by atoms with Crippen LogP contribution in [-0.2, 0) is 11.2 Å². The number of amides is 1. The molecule has 1 saturated heterocycles. The fraction of sp³-hybridized carbons (Fsp3) is 0.550. The molecule has 5 nitrogen and oxygen atoms in total. The van der Waals surface area contributed by atoms with Crippen molar-refractivity contribution in [3.05, 3.63) is 33.9 Å². The Morgan fingerprint density at radius 2 is 2.15 bits per heavy atom. The fourth-order valence-corrected chi connectivity index (χ4v) is 4.61. The molecule has 2 aliphatic rings. The number of nitrogens with zero attached hydrogens (tertiary/aromatic N) is 1. The van der Waals surface area contributed by atoms with Crippen molar-refractivity contribution in [2.75, 3.05) is 13.1 Å². The van der Waals surface area contributed by atoms with E-state index in [1.807, 2.05) is 25.7 Å². The quantitative estimate of drug-likeness (QED) is 0.714. The number of aromatic nitrogens is 1. The predicted molar refractivity (Wildman–Crippen MR) is 106 cm³/mol. The van der Waals surface area contributed by atoms with Crippen LogP contribution in [0.15, 0.2) is 22.7 Å². The van der Waals surface area contributed by atoms with E-state index in [9.17, 15) is 4.79 Å². The van der Waals surface area contributed by atoms with Crippen LogP contribution in [0.5, 0.6) is 0 Å². The zero-order valence-electron chi connectivity index (χ0n) is 15.6. The molecule has 26 heavy (non-hydrogen) atoms. The first-order valence-corrected chi connectivity index (χ1v) is 10.2. The van der Waals surface area contributed by atoms with Gasteiger partial charge >= 0.3 is 6.09 Å². The van der Waals surface area contributed by atoms with E-state index >= 15 is 0 Å². The summed E-state index contributed by atoms with van der Waals surface area (Å²) in [6.45, 7) is 7.45. The SMILES string of the molecule is CC(C)(C)OC(=O)N1CCCC1C1NCCc2c1[nH]c1ccc(Br)cc21. The number of ether oxygens (including phenoxy) is 1. The molecule has 0 bridgehead atoms. The second kappa shape index (κ2) is 6.57. The molecule has 2 unspecified atom stereocenters. The number of H-pyrrole nitrogens is 1. The van der Waals surface area contributed by atoms with Gasteiger partial charge in [-0.25, -0.2) is 4.79 Å². The third-order valence-corrected chi connectivity index (χ3v) is 5.76. The van der Waals surface area contributed by atoms with Crippen molar-refractivity contribution in [3.8, 4) is 0 Å². The normalized spacial score (nSPS) is 23.3. The van der Waals surface area contributed by atoms with Crippen LogP contribution in [0.4, 0.5) is 4.79 Å². The highest BCUT2D eigenvalue weighted by Crippen LogP contribution is 2.37. The fourth-order valence-electron chi connectivity index (χ4n) is 4.24. The summed E-state index contributed by atoms with van der Waals surface area (Å²) in [5, 5.41) is 4.93. The number of fused-ring (bicyclic) bond motifs is 3. The largest absolute Gasteiger partial charge is 0.444 e. The Labute approximate surface area is 162 Å². The maximum absolute atomic E-state index is 12.7. The average molecular weight is 420 g/mol. The molecular formula is C20H26BrN3O2. The number of hydrogen-bond donors (Lipinski definition) is 2. The van der Waals surface area contributed by atoms with E-state index in [0.717, 1.165) is 42.3 Å². The third kappa shape index (κ3) is 3.25. The van der Waals surface area contributed by atoms with Gasteiger partial charge in [0.25, 0.3) is 0 Å². The first-order valence-electron chi connectivity index (χ1n) is 9.36. The molecule has 1 fully saturated rings. The van der Waals surface area contributed by atoms with Crippen molar-refractivity contribution < 1.29 is 9.53 Å². The average Bonchev–Trinajstić information content (AvgIpc) is 3.17. The molecule has 1 amide bonds. The van der Waals surface area contributed by atoms with Gasteiger partial charge in [0.1, 0.15) is 5.60 Å². The predicted octanol–water partition coefficient (Wildman–Crippen LogP) is 4.52. The Bertz CT molecular complexity index is 839. The highest BCUT2D eigenvalue weighted by atomic mass is 79.9. The number of likely N-dealkylation sites (tertiary alicyclic amines) is 1. The van der Waals surface area contributed by atoms with Gasteiger partial charge in [-0.3, -0.25) is 0 Å². The van der Waals surface area contributed by atoms with Gasteiger partial charge in [0, 0.05) is 27.6 Å². The van der Waals surface area contributed by atoms with Gasteiger partial charge in [0.2, 0.25) is 0 Å². The van der Waals surface area contributed by atoms with Crippen LogP contribution >= 0.6 is 15.9 Å². The topological polar surface area (TPSA) is 57.4 Å². The molecule has 6 heteroatoms. The zero-order valence-corrected chi connectivity index (χ0v) is 17.1. The van der Waals surface area contributed by atoms with Crippen LogP contribution in [0.2, 0.25) is 0 Å². The van der Waals surface area contributed by atoms with Crippen LogP contribution in [-0.4, -0.2) is 40.7 Å². The Hall–Kier alpha value is -1.53. The van der Waals surface area contributed by atoms with Crippen molar-refractivity contribution in [1.29, 1.82) is 0 Å². The first-order chi connectivity index (χ1) is 12.3. The number of carbonyl (C=O) groups excluding carboxylic acids is 1. The number of hydrogen-bond acceptors (Lipinski definition) is 3. The summed E-state index contributed by atoms with van der Waals surface area (Å²) in [5.74, 6) is 0. The monoisotopic (exact) mass is 419 g/mol. The van der Waals surface area contributed by atoms with Crippen LogP contribution in [0.25, 0.3) is 10.9 Å². The van der Waals surface area contributed by atoms with Gasteiger partial charge in [-0.2, -0.15) is 0 Å². The van der Waals surface area contributed by atoms with E-state index < -0.39 is 5.60 Å². The molecule has 2 N–H and O–H groups in total. The van der Waals surface area contributed by atoms with Gasteiger partial charge in [0.15, 0.2) is 0 Å². The van der Waals surface area contributed by atoms with E-state index in [4.69, 9.17) is 4.74 Å². The summed E-state index contributed by atoms with van der Waals surface area (Å²) in [7, 11) is 0. The molecule has 4 rings (SSSR count). The molecule has 0 aliphatic carbocycles. The molecule has 1 aromatic heterocycles. The molecular weight excluding hydrogens is 394 g/mol. The molecule has 1 aromatic carbocycles. The Balaban J connectivity index is 1.67. The van der Waals surface area contributed by atoms with Crippen molar-refractivity contribution >= 4 is 32.9 Å². The first kappa shape index (κ1) is 17.9. The van der Waals surface area contributed by atoms with E-state index in [1.54, 1.807) is 0 Å². The van der Waals surface area contributed by atoms with Gasteiger partial charge < -0.3 is 19.9 Å². The van der Waals surface area contributed by atoms with Crippen LogP contribution in [0.3, 0.4) is 0 Å². The highest BCUT2D eigenvalue weighted by molar-refractivity contribution is 9.10. The van der Waals surface area contributed by atoms with Crippen LogP contribution in [0.1, 0.15) is 50.9 Å². The van der Waals surface area contributed by atoms with E-state index in [-0.39, 0.29) is 18.2 Å². The minimum atomic E-state index is -0.469. The molecule has 3 heterocycles. The lowest BCUT2D eigenvalue weighted by Gasteiger charge is -2.35. The lowest BCUT2D eigenvalue weighted by Crippen LogP contribution is -2.47. The van der Waals surface area contributed by atoms with Crippen LogP contribution in [0, 0.1) is 0 Å². The molecule has 140 valence electrons. The maximum atomic E-state index is 12.7. The summed E-state index contributed by atoms with van der Waals surface area (Å²) in [6.07, 6.45) is 2.81. The number of benzene rings is 1. The van der Waals surface area contributed by atoms with Crippen molar-refractivity contribution in [2.45, 2.75) is 57.7 Å². The van der Waals surface area contributed by atoms with Gasteiger partial charge in [-0.15, -0.1) is 0 Å². The molecule has 0 spiro atoms. The lowest BCUT2D eigenvalue weighted by atomic mass is 9.93. The zero-order chi connectivity index (χ0) is 18.5. The number of rotatable bonds is 1. The number of nitrogens with one attached hydrogen (secondary N) is 2. The van der Waals surface area contributed by atoms with E-state index in [1.165, 1.54) is 16.6 Å². The summed E-state index contributed by atoms with van der Waals surface area (Å²) in [5.41, 5.74) is 3.29. The number of aromatic amines is 1. The second-order valence-corrected chi connectivity index (χ2v) is 9.19. The molecule has 2 aromatic rings. The van der Waals surface area contributed by atoms with Crippen molar-refractivity contribution in [1.82, 2.24) is 15.2 Å². The van der Waals surface area contributed by atoms with E-state index in [0.29, 0.717) is 0 Å². The lowest BCUT2D eigenvalue weighted by molar-refractivity contribution is 0.0192. The standard InChI is InChI=1S/C20H26BrN3O2/c1-20(2,3)26-19(25)24-10-4-5-16(24)18-17-13(8-9-22-18)14-11-12(21)6-7-15(14)23-17/h6-7,11,16,18,22-23H,4-5,8-10H2,1-3H3. The molecule has 2 aliphatic heterocycles. The van der Waals surface area contributed by atoms with Gasteiger partial charge in [0.05, 0.1) is 12.1 Å². The minimum Gasteiger partial charge on any atom is -0.444 e. The van der Waals surface area contributed by atoms with Crippen molar-refractivity contribution in [2.24, 2.45) is 0 Å². The van der Waals surface area contributed by atoms with E-state index in [2.05, 4.69) is 44.4 Å². The van der Waals surface area contributed by atoms with Crippen LogP contribution < -0.4 is 5.32 Å². The number of carbonyl (C=O) groups is 1. The highest BCUT2D eigenvalue weighted by Gasteiger charge is 2.40. The summed E-state index contributed by atoms with van der Waals surface area (Å²) in [6, 6.07) is 6.62. The molecule has 0 saturated carbocycles. The Kier molecular flexibility index (Phi) is 4.51. The third-order valence-electron chi connectivity index (χ3n) is 5.26. The number of halogens is 1. The minimum absolute atomic E-state index is 0.125. The molecule has 0 radical (unpaired) electrons.